The zero-order valence-electron chi connectivity index (χ0n) is 11.8. The van der Waals surface area contributed by atoms with E-state index in [0.717, 1.165) is 5.75 Å². The zero-order chi connectivity index (χ0) is 15.1. The first kappa shape index (κ1) is 14.8. The van der Waals surface area contributed by atoms with Crippen LogP contribution in [0.25, 0.3) is 0 Å². The lowest BCUT2D eigenvalue weighted by atomic mass is 10.1. The van der Waals surface area contributed by atoms with Gasteiger partial charge in [-0.2, -0.15) is 0 Å². The summed E-state index contributed by atoms with van der Waals surface area (Å²) in [5.74, 6) is 0.225. The van der Waals surface area contributed by atoms with Crippen molar-refractivity contribution in [1.82, 2.24) is 0 Å². The second-order valence-corrected chi connectivity index (χ2v) is 4.47. The van der Waals surface area contributed by atoms with Gasteiger partial charge in [-0.1, -0.05) is 30.3 Å². The van der Waals surface area contributed by atoms with Crippen molar-refractivity contribution < 1.29 is 14.3 Å². The van der Waals surface area contributed by atoms with Gasteiger partial charge >= 0.3 is 0 Å². The maximum atomic E-state index is 11.9. The zero-order valence-corrected chi connectivity index (χ0v) is 11.8. The Kier molecular flexibility index (Phi) is 5.10. The minimum absolute atomic E-state index is 0.169. The van der Waals surface area contributed by atoms with Crippen LogP contribution >= 0.6 is 0 Å². The molecule has 0 unspecified atom stereocenters. The first-order valence-electron chi connectivity index (χ1n) is 6.80. The molecule has 0 heterocycles. The standard InChI is InChI=1S/C17H17NO3/c1-2-21-15-10-8-14(9-11-15)18-17(20)12-16(19)13-6-4-3-5-7-13/h3-11H,2,12H2,1H3,(H,18,20). The fourth-order valence-electron chi connectivity index (χ4n) is 1.88. The maximum Gasteiger partial charge on any atom is 0.232 e. The molecule has 0 saturated heterocycles. The van der Waals surface area contributed by atoms with Gasteiger partial charge < -0.3 is 10.1 Å². The number of carbonyl (C=O) groups is 2. The lowest BCUT2D eigenvalue weighted by molar-refractivity contribution is -0.115. The highest BCUT2D eigenvalue weighted by molar-refractivity contribution is 6.10. The van der Waals surface area contributed by atoms with Gasteiger partial charge in [0.05, 0.1) is 13.0 Å². The third-order valence-corrected chi connectivity index (χ3v) is 2.87. The van der Waals surface area contributed by atoms with Crippen molar-refractivity contribution in [3.05, 3.63) is 60.2 Å². The van der Waals surface area contributed by atoms with Gasteiger partial charge in [-0.15, -0.1) is 0 Å². The molecular formula is C17H17NO3. The molecule has 0 aliphatic heterocycles. The minimum Gasteiger partial charge on any atom is -0.494 e. The Hall–Kier alpha value is -2.62. The van der Waals surface area contributed by atoms with E-state index in [1.54, 1.807) is 48.5 Å². The Morgan fingerprint density at radius 2 is 1.67 bits per heavy atom. The maximum absolute atomic E-state index is 11.9. The normalized spacial score (nSPS) is 9.95. The first-order valence-corrected chi connectivity index (χ1v) is 6.80. The van der Waals surface area contributed by atoms with Crippen LogP contribution in [0.15, 0.2) is 54.6 Å². The molecule has 0 saturated carbocycles. The van der Waals surface area contributed by atoms with Gasteiger partial charge in [0.2, 0.25) is 5.91 Å². The Bertz CT molecular complexity index is 606. The lowest BCUT2D eigenvalue weighted by Gasteiger charge is -2.07. The van der Waals surface area contributed by atoms with E-state index >= 15 is 0 Å². The molecule has 1 amide bonds. The van der Waals surface area contributed by atoms with Gasteiger partial charge in [-0.05, 0) is 31.2 Å². The molecule has 0 aliphatic rings. The van der Waals surface area contributed by atoms with Crippen LogP contribution < -0.4 is 10.1 Å². The van der Waals surface area contributed by atoms with E-state index < -0.39 is 0 Å². The highest BCUT2D eigenvalue weighted by Crippen LogP contribution is 2.16. The van der Waals surface area contributed by atoms with Gasteiger partial charge in [0.1, 0.15) is 5.75 Å². The monoisotopic (exact) mass is 283 g/mol. The number of rotatable bonds is 6. The fraction of sp³-hybridized carbons (Fsp3) is 0.176. The number of hydrogen-bond donors (Lipinski definition) is 1. The molecule has 0 aliphatic carbocycles. The lowest BCUT2D eigenvalue weighted by Crippen LogP contribution is -2.16. The summed E-state index contributed by atoms with van der Waals surface area (Å²) in [6.07, 6.45) is -0.169. The number of anilines is 1. The molecule has 2 rings (SSSR count). The van der Waals surface area contributed by atoms with Gasteiger partial charge in [-0.3, -0.25) is 9.59 Å². The largest absolute Gasteiger partial charge is 0.494 e. The molecule has 0 aromatic heterocycles. The number of amides is 1. The van der Waals surface area contributed by atoms with Crippen LogP contribution in [0.4, 0.5) is 5.69 Å². The van der Waals surface area contributed by atoms with Gasteiger partial charge in [0, 0.05) is 11.3 Å². The Morgan fingerprint density at radius 3 is 2.29 bits per heavy atom. The molecule has 0 spiro atoms. The number of hydrogen-bond acceptors (Lipinski definition) is 3. The Labute approximate surface area is 123 Å². The number of carbonyl (C=O) groups excluding carboxylic acids is 2. The SMILES string of the molecule is CCOc1ccc(NC(=O)CC(=O)c2ccccc2)cc1. The number of Topliss-reactive ketones (excluding diaryl/α,β-unsaturated/α-hetero) is 1. The predicted molar refractivity (Wildman–Crippen MR) is 81.6 cm³/mol. The van der Waals surface area contributed by atoms with Crippen LogP contribution in [0.5, 0.6) is 5.75 Å². The molecule has 4 heteroatoms. The average molecular weight is 283 g/mol. The van der Waals surface area contributed by atoms with Gasteiger partial charge in [-0.25, -0.2) is 0 Å². The van der Waals surface area contributed by atoms with Gasteiger partial charge in [0.15, 0.2) is 5.78 Å². The van der Waals surface area contributed by atoms with Crippen molar-refractivity contribution in [3.63, 3.8) is 0 Å². The van der Waals surface area contributed by atoms with Crippen LogP contribution in [-0.2, 0) is 4.79 Å². The second-order valence-electron chi connectivity index (χ2n) is 4.47. The van der Waals surface area contributed by atoms with E-state index in [4.69, 9.17) is 4.74 Å². The summed E-state index contributed by atoms with van der Waals surface area (Å²) in [6, 6.07) is 15.8. The van der Waals surface area contributed by atoms with E-state index in [2.05, 4.69) is 5.32 Å². The summed E-state index contributed by atoms with van der Waals surface area (Å²) in [6.45, 7) is 2.50. The Balaban J connectivity index is 1.91. The Morgan fingerprint density at radius 1 is 1.00 bits per heavy atom. The summed E-state index contributed by atoms with van der Waals surface area (Å²) >= 11 is 0. The topological polar surface area (TPSA) is 55.4 Å². The van der Waals surface area contributed by atoms with Crippen LogP contribution in [0.1, 0.15) is 23.7 Å². The van der Waals surface area contributed by atoms with Crippen LogP contribution in [0.2, 0.25) is 0 Å². The number of ketones is 1. The molecule has 0 atom stereocenters. The highest BCUT2D eigenvalue weighted by atomic mass is 16.5. The van der Waals surface area contributed by atoms with Crippen molar-refractivity contribution in [2.75, 3.05) is 11.9 Å². The van der Waals surface area contributed by atoms with Gasteiger partial charge in [0.25, 0.3) is 0 Å². The molecular weight excluding hydrogens is 266 g/mol. The third-order valence-electron chi connectivity index (χ3n) is 2.87. The van der Waals surface area contributed by atoms with E-state index in [1.165, 1.54) is 0 Å². The summed E-state index contributed by atoms with van der Waals surface area (Å²) in [5, 5.41) is 2.70. The van der Waals surface area contributed by atoms with Crippen molar-refractivity contribution in [2.24, 2.45) is 0 Å². The van der Waals surface area contributed by atoms with Crippen molar-refractivity contribution in [2.45, 2.75) is 13.3 Å². The first-order chi connectivity index (χ1) is 10.2. The van der Waals surface area contributed by atoms with Crippen LogP contribution in [-0.4, -0.2) is 18.3 Å². The molecule has 21 heavy (non-hydrogen) atoms. The molecule has 1 N–H and O–H groups in total. The minimum atomic E-state index is -0.326. The summed E-state index contributed by atoms with van der Waals surface area (Å²) < 4.78 is 5.32. The van der Waals surface area contributed by atoms with E-state index in [0.29, 0.717) is 17.9 Å². The van der Waals surface area contributed by atoms with E-state index in [1.807, 2.05) is 13.0 Å². The summed E-state index contributed by atoms with van der Waals surface area (Å²) in [7, 11) is 0. The predicted octanol–water partition coefficient (Wildman–Crippen LogP) is 3.30. The molecule has 0 bridgehead atoms. The van der Waals surface area contributed by atoms with Crippen molar-refractivity contribution in [1.29, 1.82) is 0 Å². The molecule has 2 aromatic rings. The quantitative estimate of drug-likeness (QED) is 0.653. The highest BCUT2D eigenvalue weighted by Gasteiger charge is 2.11. The molecule has 0 fully saturated rings. The van der Waals surface area contributed by atoms with Crippen LogP contribution in [0.3, 0.4) is 0 Å². The number of benzene rings is 2. The summed E-state index contributed by atoms with van der Waals surface area (Å²) in [4.78, 5) is 23.7. The summed E-state index contributed by atoms with van der Waals surface area (Å²) in [5.41, 5.74) is 1.18. The van der Waals surface area contributed by atoms with E-state index in [-0.39, 0.29) is 18.1 Å². The van der Waals surface area contributed by atoms with Crippen molar-refractivity contribution >= 4 is 17.4 Å². The third kappa shape index (κ3) is 4.45. The van der Waals surface area contributed by atoms with E-state index in [9.17, 15) is 9.59 Å². The molecule has 108 valence electrons. The molecule has 2 aromatic carbocycles. The molecule has 0 radical (unpaired) electrons. The van der Waals surface area contributed by atoms with Crippen LogP contribution in [0, 0.1) is 0 Å². The van der Waals surface area contributed by atoms with Crippen molar-refractivity contribution in [3.8, 4) is 5.75 Å². The number of nitrogens with one attached hydrogen (secondary N) is 1. The second kappa shape index (κ2) is 7.24. The molecule has 4 nitrogen and oxygen atoms in total. The number of ether oxygens (including phenoxy) is 1. The smallest absolute Gasteiger partial charge is 0.232 e. The fourth-order valence-corrected chi connectivity index (χ4v) is 1.88. The average Bonchev–Trinajstić information content (AvgIpc) is 2.50.